The molecule has 1 saturated heterocycles. The maximum absolute atomic E-state index is 4.19. The van der Waals surface area contributed by atoms with Gasteiger partial charge < -0.3 is 5.32 Å². The number of allylic oxidation sites excluding steroid dienone is 1. The number of hydrogen-bond donors (Lipinski definition) is 1. The van der Waals surface area contributed by atoms with Gasteiger partial charge in [0.05, 0.1) is 23.8 Å². The topological polar surface area (TPSA) is 55.1 Å². The monoisotopic (exact) mass is 245 g/mol. The quantitative estimate of drug-likeness (QED) is 0.771. The molecule has 0 amide bonds. The van der Waals surface area contributed by atoms with Crippen LogP contribution in [0.15, 0.2) is 24.7 Å². The van der Waals surface area contributed by atoms with Crippen molar-refractivity contribution in [2.75, 3.05) is 6.54 Å². The van der Waals surface area contributed by atoms with Crippen LogP contribution in [0.1, 0.15) is 30.7 Å². The van der Waals surface area contributed by atoms with E-state index in [1.165, 1.54) is 25.0 Å². The highest BCUT2D eigenvalue weighted by Crippen LogP contribution is 2.06. The number of fused-ring (bicyclic) bond motifs is 1. The summed E-state index contributed by atoms with van der Waals surface area (Å²) in [4.78, 5) is 8.23. The molecule has 3 rings (SSSR count). The Bertz CT molecular complexity index is 535. The molecule has 0 atom stereocenters. The number of hydrogen-bond acceptors (Lipinski definition) is 4. The molecule has 0 unspecified atom stereocenters. The lowest BCUT2D eigenvalue weighted by atomic mass is 10.1. The summed E-state index contributed by atoms with van der Waals surface area (Å²) in [5.41, 5.74) is 3.05. The molecule has 1 N–H and O–H groups in total. The molecular formula is C13H19N5. The van der Waals surface area contributed by atoms with E-state index in [0.29, 0.717) is 5.78 Å². The number of aromatic nitrogens is 4. The van der Waals surface area contributed by atoms with Crippen LogP contribution in [-0.2, 0) is 0 Å². The predicted molar refractivity (Wildman–Crippen MR) is 71.2 cm³/mol. The second-order valence-electron chi connectivity index (χ2n) is 4.51. The minimum atomic E-state index is 0.660. The number of rotatable bonds is 0. The zero-order valence-corrected chi connectivity index (χ0v) is 11.0. The Kier molecular flexibility index (Phi) is 3.92. The van der Waals surface area contributed by atoms with Crippen molar-refractivity contribution < 1.29 is 0 Å². The van der Waals surface area contributed by atoms with E-state index in [9.17, 15) is 0 Å². The summed E-state index contributed by atoms with van der Waals surface area (Å²) in [6.45, 7) is 8.77. The Hall–Kier alpha value is -1.91. The van der Waals surface area contributed by atoms with Gasteiger partial charge in [0, 0.05) is 12.2 Å². The van der Waals surface area contributed by atoms with Gasteiger partial charge >= 0.3 is 0 Å². The molecule has 0 spiro atoms. The van der Waals surface area contributed by atoms with Crippen molar-refractivity contribution in [3.05, 3.63) is 36.1 Å². The molecule has 0 radical (unpaired) electrons. The number of nitrogens with one attached hydrogen (secondary N) is 1. The minimum Gasteiger partial charge on any atom is -0.389 e. The molecule has 3 heterocycles. The highest BCUT2D eigenvalue weighted by molar-refractivity contribution is 5.27. The Morgan fingerprint density at radius 1 is 1.28 bits per heavy atom. The summed E-state index contributed by atoms with van der Waals surface area (Å²) in [5.74, 6) is 0.660. The first kappa shape index (κ1) is 12.5. The fourth-order valence-corrected chi connectivity index (χ4v) is 1.80. The summed E-state index contributed by atoms with van der Waals surface area (Å²) < 4.78 is 1.69. The first-order chi connectivity index (χ1) is 8.65. The van der Waals surface area contributed by atoms with Gasteiger partial charge in [-0.25, -0.2) is 14.5 Å². The molecule has 1 aliphatic heterocycles. The van der Waals surface area contributed by atoms with E-state index in [4.69, 9.17) is 0 Å². The van der Waals surface area contributed by atoms with Gasteiger partial charge in [-0.05, 0) is 33.1 Å². The molecule has 2 aromatic heterocycles. The third-order valence-electron chi connectivity index (χ3n) is 2.70. The first-order valence-electron chi connectivity index (χ1n) is 6.22. The largest absolute Gasteiger partial charge is 0.389 e. The number of aryl methyl sites for hydroxylation is 2. The second kappa shape index (κ2) is 5.62. The van der Waals surface area contributed by atoms with Gasteiger partial charge in [-0.1, -0.05) is 6.58 Å². The summed E-state index contributed by atoms with van der Waals surface area (Å²) in [5, 5.41) is 7.38. The van der Waals surface area contributed by atoms with E-state index in [1.54, 1.807) is 10.7 Å². The third-order valence-corrected chi connectivity index (χ3v) is 2.70. The van der Waals surface area contributed by atoms with Gasteiger partial charge in [0.25, 0.3) is 5.78 Å². The molecule has 18 heavy (non-hydrogen) atoms. The van der Waals surface area contributed by atoms with Crippen LogP contribution in [0.25, 0.3) is 5.78 Å². The number of nitrogens with zero attached hydrogens (tertiary/aromatic N) is 4. The Balaban J connectivity index is 0.000000149. The van der Waals surface area contributed by atoms with Crippen LogP contribution in [0.2, 0.25) is 0 Å². The van der Waals surface area contributed by atoms with Crippen molar-refractivity contribution in [2.45, 2.75) is 33.1 Å². The van der Waals surface area contributed by atoms with Crippen molar-refractivity contribution in [3.8, 4) is 0 Å². The van der Waals surface area contributed by atoms with Crippen LogP contribution in [0, 0.1) is 13.8 Å². The molecule has 2 aromatic rings. The van der Waals surface area contributed by atoms with Gasteiger partial charge in [-0.2, -0.15) is 5.10 Å². The van der Waals surface area contributed by atoms with Crippen molar-refractivity contribution >= 4 is 5.78 Å². The van der Waals surface area contributed by atoms with Crippen molar-refractivity contribution in [3.63, 3.8) is 0 Å². The maximum Gasteiger partial charge on any atom is 0.250 e. The van der Waals surface area contributed by atoms with Crippen LogP contribution in [0.4, 0.5) is 0 Å². The molecule has 0 aliphatic carbocycles. The van der Waals surface area contributed by atoms with Gasteiger partial charge in [0.15, 0.2) is 0 Å². The molecular weight excluding hydrogens is 226 g/mol. The Morgan fingerprint density at radius 2 is 2.11 bits per heavy atom. The van der Waals surface area contributed by atoms with Crippen molar-refractivity contribution in [1.29, 1.82) is 0 Å². The number of imidazole rings is 1. The third kappa shape index (κ3) is 3.29. The van der Waals surface area contributed by atoms with E-state index in [2.05, 4.69) is 27.0 Å². The van der Waals surface area contributed by atoms with Crippen LogP contribution in [0.5, 0.6) is 0 Å². The SMILES string of the molecule is C=C1CCCCN1.Cc1cn2nc(C)cnc2n1. The predicted octanol–water partition coefficient (Wildman–Crippen LogP) is 2.01. The van der Waals surface area contributed by atoms with E-state index in [1.807, 2.05) is 20.0 Å². The van der Waals surface area contributed by atoms with E-state index >= 15 is 0 Å². The number of piperidine rings is 1. The average molecular weight is 245 g/mol. The summed E-state index contributed by atoms with van der Waals surface area (Å²) >= 11 is 0. The lowest BCUT2D eigenvalue weighted by Gasteiger charge is -2.13. The highest BCUT2D eigenvalue weighted by Gasteiger charge is 1.99. The summed E-state index contributed by atoms with van der Waals surface area (Å²) in [6, 6.07) is 0. The molecule has 5 heteroatoms. The standard InChI is InChI=1S/C7H8N4.C6H11N/c1-5-3-8-7-9-6(2)4-11(7)10-5;1-6-4-2-3-5-7-6/h3-4H,1-2H3;7H,1-5H2. The van der Waals surface area contributed by atoms with E-state index in [0.717, 1.165) is 17.9 Å². The molecule has 5 nitrogen and oxygen atoms in total. The fourth-order valence-electron chi connectivity index (χ4n) is 1.80. The lowest BCUT2D eigenvalue weighted by Crippen LogP contribution is -2.18. The molecule has 0 saturated carbocycles. The van der Waals surface area contributed by atoms with Gasteiger partial charge in [0.1, 0.15) is 0 Å². The van der Waals surface area contributed by atoms with E-state index in [-0.39, 0.29) is 0 Å². The summed E-state index contributed by atoms with van der Waals surface area (Å²) in [6.07, 6.45) is 7.39. The normalized spacial score (nSPS) is 14.9. The average Bonchev–Trinajstić information content (AvgIpc) is 2.70. The summed E-state index contributed by atoms with van der Waals surface area (Å²) in [7, 11) is 0. The molecule has 1 aliphatic rings. The van der Waals surface area contributed by atoms with Crippen molar-refractivity contribution in [2.24, 2.45) is 0 Å². The second-order valence-corrected chi connectivity index (χ2v) is 4.51. The zero-order valence-electron chi connectivity index (χ0n) is 11.0. The minimum absolute atomic E-state index is 0.660. The van der Waals surface area contributed by atoms with Crippen LogP contribution in [-0.4, -0.2) is 26.1 Å². The molecule has 0 aromatic carbocycles. The molecule has 1 fully saturated rings. The molecule has 0 bridgehead atoms. The van der Waals surface area contributed by atoms with Gasteiger partial charge in [0.2, 0.25) is 0 Å². The van der Waals surface area contributed by atoms with Gasteiger partial charge in [-0.3, -0.25) is 0 Å². The highest BCUT2D eigenvalue weighted by atomic mass is 15.3. The van der Waals surface area contributed by atoms with Crippen LogP contribution >= 0.6 is 0 Å². The zero-order chi connectivity index (χ0) is 13.0. The van der Waals surface area contributed by atoms with Crippen LogP contribution in [0.3, 0.4) is 0 Å². The van der Waals surface area contributed by atoms with E-state index < -0.39 is 0 Å². The maximum atomic E-state index is 4.19. The fraction of sp³-hybridized carbons (Fsp3) is 0.462. The lowest BCUT2D eigenvalue weighted by molar-refractivity contribution is 0.590. The van der Waals surface area contributed by atoms with Gasteiger partial charge in [-0.15, -0.1) is 0 Å². The first-order valence-corrected chi connectivity index (χ1v) is 6.22. The van der Waals surface area contributed by atoms with Crippen molar-refractivity contribution in [1.82, 2.24) is 24.9 Å². The smallest absolute Gasteiger partial charge is 0.250 e. The Morgan fingerprint density at radius 3 is 2.72 bits per heavy atom. The molecule has 96 valence electrons. The van der Waals surface area contributed by atoms with Crippen LogP contribution < -0.4 is 5.32 Å². The Labute approximate surface area is 107 Å².